The second kappa shape index (κ2) is 4.75. The highest BCUT2D eigenvalue weighted by Gasteiger charge is 2.30. The number of carbonyl (C=O) groups excluding carboxylic acids is 1. The molecule has 2 aromatic rings. The smallest absolute Gasteiger partial charge is 0.416 e. The SMILES string of the molecule is O=COCc1cc(O)c2ccc(C(F)(F)F)cc2n1. The molecule has 100 valence electrons. The Morgan fingerprint density at radius 1 is 1.32 bits per heavy atom. The molecular weight excluding hydrogens is 263 g/mol. The van der Waals surface area contributed by atoms with Crippen molar-refractivity contribution >= 4 is 17.4 Å². The summed E-state index contributed by atoms with van der Waals surface area (Å²) in [6.07, 6.45) is -4.49. The fourth-order valence-electron chi connectivity index (χ4n) is 1.63. The second-order valence-electron chi connectivity index (χ2n) is 3.77. The Balaban J connectivity index is 2.53. The highest BCUT2D eigenvalue weighted by Crippen LogP contribution is 2.33. The Morgan fingerprint density at radius 2 is 2.05 bits per heavy atom. The molecule has 1 heterocycles. The number of benzene rings is 1. The highest BCUT2D eigenvalue weighted by molar-refractivity contribution is 5.85. The largest absolute Gasteiger partial charge is 0.507 e. The minimum absolute atomic E-state index is 0.0145. The Hall–Kier alpha value is -2.31. The molecule has 0 fully saturated rings. The van der Waals surface area contributed by atoms with Gasteiger partial charge in [0.1, 0.15) is 12.4 Å². The lowest BCUT2D eigenvalue weighted by atomic mass is 10.1. The molecule has 0 atom stereocenters. The van der Waals surface area contributed by atoms with Crippen LogP contribution >= 0.6 is 0 Å². The summed E-state index contributed by atoms with van der Waals surface area (Å²) in [6, 6.07) is 4.08. The van der Waals surface area contributed by atoms with Crippen molar-refractivity contribution < 1.29 is 27.8 Å². The monoisotopic (exact) mass is 271 g/mol. The zero-order valence-corrected chi connectivity index (χ0v) is 9.44. The van der Waals surface area contributed by atoms with Crippen LogP contribution in [0.15, 0.2) is 24.3 Å². The van der Waals surface area contributed by atoms with Gasteiger partial charge in [0.2, 0.25) is 0 Å². The van der Waals surface area contributed by atoms with Gasteiger partial charge in [-0.3, -0.25) is 4.79 Å². The molecular formula is C12H8F3NO3. The summed E-state index contributed by atoms with van der Waals surface area (Å²) in [5, 5.41) is 9.88. The molecule has 1 N–H and O–H groups in total. The van der Waals surface area contributed by atoms with Gasteiger partial charge in [0.15, 0.2) is 0 Å². The predicted molar refractivity (Wildman–Crippen MR) is 59.3 cm³/mol. The van der Waals surface area contributed by atoms with E-state index in [0.29, 0.717) is 0 Å². The van der Waals surface area contributed by atoms with Crippen LogP contribution in [0.25, 0.3) is 10.9 Å². The molecule has 0 spiro atoms. The molecule has 0 aliphatic heterocycles. The average Bonchev–Trinajstić information content (AvgIpc) is 2.34. The molecule has 0 aliphatic carbocycles. The lowest BCUT2D eigenvalue weighted by Gasteiger charge is -2.09. The summed E-state index contributed by atoms with van der Waals surface area (Å²) in [7, 11) is 0. The minimum Gasteiger partial charge on any atom is -0.507 e. The van der Waals surface area contributed by atoms with E-state index >= 15 is 0 Å². The van der Waals surface area contributed by atoms with E-state index in [1.54, 1.807) is 0 Å². The van der Waals surface area contributed by atoms with Crippen molar-refractivity contribution in [2.45, 2.75) is 12.8 Å². The van der Waals surface area contributed by atoms with Gasteiger partial charge in [-0.05, 0) is 18.2 Å². The molecule has 0 radical (unpaired) electrons. The fourth-order valence-corrected chi connectivity index (χ4v) is 1.63. The van der Waals surface area contributed by atoms with Crippen LogP contribution in [-0.4, -0.2) is 16.6 Å². The summed E-state index contributed by atoms with van der Waals surface area (Å²) in [4.78, 5) is 14.0. The van der Waals surface area contributed by atoms with E-state index in [1.807, 2.05) is 0 Å². The van der Waals surface area contributed by atoms with Gasteiger partial charge < -0.3 is 9.84 Å². The van der Waals surface area contributed by atoms with Crippen LogP contribution < -0.4 is 0 Å². The molecule has 4 nitrogen and oxygen atoms in total. The maximum atomic E-state index is 12.6. The van der Waals surface area contributed by atoms with Crippen molar-refractivity contribution in [1.82, 2.24) is 4.98 Å². The first-order chi connectivity index (χ1) is 8.91. The molecule has 0 bridgehead atoms. The summed E-state index contributed by atoms with van der Waals surface area (Å²) >= 11 is 0. The van der Waals surface area contributed by atoms with E-state index < -0.39 is 11.7 Å². The quantitative estimate of drug-likeness (QED) is 0.872. The number of nitrogens with zero attached hydrogens (tertiary/aromatic N) is 1. The Bertz CT molecular complexity index is 625. The van der Waals surface area contributed by atoms with E-state index in [1.165, 1.54) is 6.07 Å². The third-order valence-corrected chi connectivity index (χ3v) is 2.47. The third-order valence-electron chi connectivity index (χ3n) is 2.47. The van der Waals surface area contributed by atoms with Crippen LogP contribution in [0.1, 0.15) is 11.3 Å². The number of ether oxygens (including phenoxy) is 1. The Kier molecular flexibility index (Phi) is 3.28. The number of aromatic nitrogens is 1. The number of aromatic hydroxyl groups is 1. The molecule has 2 rings (SSSR count). The number of halogens is 3. The van der Waals surface area contributed by atoms with Crippen LogP contribution in [0.5, 0.6) is 5.75 Å². The van der Waals surface area contributed by atoms with Gasteiger partial charge in [0, 0.05) is 11.5 Å². The molecule has 0 unspecified atom stereocenters. The molecule has 0 saturated heterocycles. The number of rotatable bonds is 3. The molecule has 7 heteroatoms. The van der Waals surface area contributed by atoms with Crippen LogP contribution in [0.4, 0.5) is 13.2 Å². The van der Waals surface area contributed by atoms with E-state index in [4.69, 9.17) is 0 Å². The summed E-state index contributed by atoms with van der Waals surface area (Å²) in [5.74, 6) is -0.219. The summed E-state index contributed by atoms with van der Waals surface area (Å²) in [5.41, 5.74) is -0.712. The van der Waals surface area contributed by atoms with Gasteiger partial charge in [0.25, 0.3) is 6.47 Å². The fraction of sp³-hybridized carbons (Fsp3) is 0.167. The van der Waals surface area contributed by atoms with Gasteiger partial charge in [-0.15, -0.1) is 0 Å². The normalized spacial score (nSPS) is 11.5. The van der Waals surface area contributed by atoms with Gasteiger partial charge in [0.05, 0.1) is 16.8 Å². The molecule has 1 aromatic heterocycles. The maximum absolute atomic E-state index is 12.6. The van der Waals surface area contributed by atoms with E-state index in [2.05, 4.69) is 9.72 Å². The first-order valence-corrected chi connectivity index (χ1v) is 5.17. The van der Waals surface area contributed by atoms with Crippen molar-refractivity contribution in [1.29, 1.82) is 0 Å². The van der Waals surface area contributed by atoms with Crippen molar-refractivity contribution in [2.75, 3.05) is 0 Å². The second-order valence-corrected chi connectivity index (χ2v) is 3.77. The zero-order chi connectivity index (χ0) is 14.0. The van der Waals surface area contributed by atoms with E-state index in [-0.39, 0.29) is 35.4 Å². The van der Waals surface area contributed by atoms with Crippen LogP contribution in [0.3, 0.4) is 0 Å². The van der Waals surface area contributed by atoms with Crippen molar-refractivity contribution in [2.24, 2.45) is 0 Å². The van der Waals surface area contributed by atoms with Crippen LogP contribution in [-0.2, 0) is 22.3 Å². The van der Waals surface area contributed by atoms with Crippen molar-refractivity contribution in [3.05, 3.63) is 35.5 Å². The number of hydrogen-bond acceptors (Lipinski definition) is 4. The predicted octanol–water partition coefficient (Wildman–Crippen LogP) is 2.63. The van der Waals surface area contributed by atoms with Gasteiger partial charge in [-0.1, -0.05) is 0 Å². The Labute approximate surface area is 105 Å². The first-order valence-electron chi connectivity index (χ1n) is 5.17. The number of carbonyl (C=O) groups is 1. The third kappa shape index (κ3) is 2.75. The molecule has 0 amide bonds. The molecule has 0 aliphatic rings. The Morgan fingerprint density at radius 3 is 2.68 bits per heavy atom. The number of pyridine rings is 1. The lowest BCUT2D eigenvalue weighted by Crippen LogP contribution is -2.05. The average molecular weight is 271 g/mol. The van der Waals surface area contributed by atoms with E-state index in [0.717, 1.165) is 18.2 Å². The number of alkyl halides is 3. The van der Waals surface area contributed by atoms with Gasteiger partial charge in [-0.2, -0.15) is 13.2 Å². The van der Waals surface area contributed by atoms with Crippen molar-refractivity contribution in [3.8, 4) is 5.75 Å². The lowest BCUT2D eigenvalue weighted by molar-refractivity contribution is -0.137. The summed E-state index contributed by atoms with van der Waals surface area (Å²) < 4.78 is 42.1. The standard InChI is InChI=1S/C12H8F3NO3/c13-12(14,15)7-1-2-9-10(3-7)16-8(4-11(9)18)5-19-6-17/h1-4,6H,5H2,(H,16,18). The van der Waals surface area contributed by atoms with Crippen LogP contribution in [0.2, 0.25) is 0 Å². The highest BCUT2D eigenvalue weighted by atomic mass is 19.4. The maximum Gasteiger partial charge on any atom is 0.416 e. The van der Waals surface area contributed by atoms with Gasteiger partial charge >= 0.3 is 6.18 Å². The van der Waals surface area contributed by atoms with Crippen LogP contribution in [0, 0.1) is 0 Å². The topological polar surface area (TPSA) is 59.4 Å². The summed E-state index contributed by atoms with van der Waals surface area (Å²) in [6.45, 7) is -0.0295. The molecule has 19 heavy (non-hydrogen) atoms. The van der Waals surface area contributed by atoms with E-state index in [9.17, 15) is 23.1 Å². The zero-order valence-electron chi connectivity index (χ0n) is 9.44. The first kappa shape index (κ1) is 13.1. The molecule has 0 saturated carbocycles. The van der Waals surface area contributed by atoms with Gasteiger partial charge in [-0.25, -0.2) is 4.98 Å². The minimum atomic E-state index is -4.49. The molecule has 1 aromatic carbocycles. The number of hydrogen-bond donors (Lipinski definition) is 1. The van der Waals surface area contributed by atoms with Crippen molar-refractivity contribution in [3.63, 3.8) is 0 Å². The number of fused-ring (bicyclic) bond motifs is 1.